The molecule has 0 atom stereocenters. The van der Waals surface area contributed by atoms with Crippen molar-refractivity contribution in [3.05, 3.63) is 39.6 Å². The quantitative estimate of drug-likeness (QED) is 0.895. The number of aromatic amines is 1. The van der Waals surface area contributed by atoms with Gasteiger partial charge >= 0.3 is 0 Å². The molecular weight excluding hydrogens is 303 g/mol. The van der Waals surface area contributed by atoms with Crippen LogP contribution < -0.4 is 5.32 Å². The van der Waals surface area contributed by atoms with E-state index in [0.717, 1.165) is 5.56 Å². The van der Waals surface area contributed by atoms with Gasteiger partial charge < -0.3 is 5.32 Å². The number of nitrogens with zero attached hydrogens (tertiary/aromatic N) is 2. The molecule has 0 radical (unpaired) electrons. The number of benzene rings is 1. The van der Waals surface area contributed by atoms with Crippen LogP contribution in [0.15, 0.2) is 16.6 Å². The zero-order valence-electron chi connectivity index (χ0n) is 9.71. The van der Waals surface area contributed by atoms with Gasteiger partial charge in [-0.3, -0.25) is 9.89 Å². The van der Waals surface area contributed by atoms with Gasteiger partial charge in [-0.05, 0) is 47.5 Å². The summed E-state index contributed by atoms with van der Waals surface area (Å²) in [5.74, 6) is -0.361. The van der Waals surface area contributed by atoms with Crippen LogP contribution in [0.2, 0.25) is 0 Å². The lowest BCUT2D eigenvalue weighted by Gasteiger charge is -2.07. The van der Waals surface area contributed by atoms with E-state index in [2.05, 4.69) is 36.4 Å². The third kappa shape index (κ3) is 2.56. The number of rotatable bonds is 2. The molecule has 0 bridgehead atoms. The molecule has 0 aliphatic carbocycles. The number of carbonyl (C=O) groups is 1. The molecule has 1 amide bonds. The van der Waals surface area contributed by atoms with E-state index in [1.807, 2.05) is 0 Å². The molecule has 0 spiro atoms. The molecule has 0 saturated carbocycles. The van der Waals surface area contributed by atoms with Crippen molar-refractivity contribution in [1.29, 1.82) is 0 Å². The van der Waals surface area contributed by atoms with Crippen LogP contribution in [0.5, 0.6) is 0 Å². The third-order valence-corrected chi connectivity index (χ3v) is 2.92. The molecule has 2 rings (SSSR count). The van der Waals surface area contributed by atoms with Crippen LogP contribution in [0.4, 0.5) is 10.1 Å². The summed E-state index contributed by atoms with van der Waals surface area (Å²) in [7, 11) is 0. The predicted molar refractivity (Wildman–Crippen MR) is 67.9 cm³/mol. The molecule has 0 unspecified atom stereocenters. The van der Waals surface area contributed by atoms with E-state index >= 15 is 0 Å². The SMILES string of the molecule is Cc1nc(C(=O)Nc2cc(F)c(Br)cc2C)n[nH]1. The van der Waals surface area contributed by atoms with Gasteiger partial charge in [-0.15, -0.1) is 5.10 Å². The average Bonchev–Trinajstić information content (AvgIpc) is 2.73. The molecule has 0 fully saturated rings. The molecule has 2 aromatic rings. The Morgan fingerprint density at radius 2 is 2.17 bits per heavy atom. The number of nitrogens with one attached hydrogen (secondary N) is 2. The lowest BCUT2D eigenvalue weighted by molar-refractivity contribution is 0.101. The molecule has 0 aliphatic heterocycles. The van der Waals surface area contributed by atoms with E-state index in [4.69, 9.17) is 0 Å². The highest BCUT2D eigenvalue weighted by molar-refractivity contribution is 9.10. The van der Waals surface area contributed by atoms with Crippen molar-refractivity contribution < 1.29 is 9.18 Å². The number of H-pyrrole nitrogens is 1. The number of hydrogen-bond donors (Lipinski definition) is 2. The first kappa shape index (κ1) is 12.7. The minimum absolute atomic E-state index is 0.0234. The molecule has 1 heterocycles. The first-order chi connectivity index (χ1) is 8.47. The topological polar surface area (TPSA) is 70.7 Å². The first-order valence-corrected chi connectivity index (χ1v) is 5.92. The van der Waals surface area contributed by atoms with Gasteiger partial charge in [0.25, 0.3) is 5.91 Å². The van der Waals surface area contributed by atoms with Crippen molar-refractivity contribution in [2.75, 3.05) is 5.32 Å². The van der Waals surface area contributed by atoms with Gasteiger partial charge in [-0.2, -0.15) is 0 Å². The van der Waals surface area contributed by atoms with Gasteiger partial charge in [0.15, 0.2) is 0 Å². The Labute approximate surface area is 111 Å². The highest BCUT2D eigenvalue weighted by Crippen LogP contribution is 2.24. The first-order valence-electron chi connectivity index (χ1n) is 5.13. The van der Waals surface area contributed by atoms with Crippen molar-refractivity contribution in [1.82, 2.24) is 15.2 Å². The van der Waals surface area contributed by atoms with E-state index in [0.29, 0.717) is 16.0 Å². The number of halogens is 2. The van der Waals surface area contributed by atoms with Gasteiger partial charge in [0.2, 0.25) is 5.82 Å². The van der Waals surface area contributed by atoms with Crippen molar-refractivity contribution in [2.45, 2.75) is 13.8 Å². The Morgan fingerprint density at radius 3 is 2.78 bits per heavy atom. The minimum Gasteiger partial charge on any atom is -0.319 e. The summed E-state index contributed by atoms with van der Waals surface area (Å²) in [5, 5.41) is 8.86. The number of hydrogen-bond acceptors (Lipinski definition) is 3. The fraction of sp³-hybridized carbons (Fsp3) is 0.182. The molecule has 0 aliphatic rings. The second-order valence-electron chi connectivity index (χ2n) is 3.78. The largest absolute Gasteiger partial charge is 0.319 e. The molecule has 1 aromatic heterocycles. The standard InChI is InChI=1S/C11H10BrFN4O/c1-5-3-7(12)8(13)4-9(5)15-11(18)10-14-6(2)16-17-10/h3-4H,1-2H3,(H,15,18)(H,14,16,17). The Bertz CT molecular complexity index is 611. The van der Waals surface area contributed by atoms with Gasteiger partial charge in [0, 0.05) is 5.69 Å². The van der Waals surface area contributed by atoms with E-state index in [1.165, 1.54) is 6.07 Å². The third-order valence-electron chi connectivity index (χ3n) is 2.32. The second-order valence-corrected chi connectivity index (χ2v) is 4.63. The molecular formula is C11H10BrFN4O. The van der Waals surface area contributed by atoms with Gasteiger partial charge in [-0.25, -0.2) is 9.37 Å². The normalized spacial score (nSPS) is 10.4. The molecule has 5 nitrogen and oxygen atoms in total. The van der Waals surface area contributed by atoms with Crippen LogP contribution in [-0.2, 0) is 0 Å². The van der Waals surface area contributed by atoms with E-state index in [-0.39, 0.29) is 5.82 Å². The molecule has 0 saturated heterocycles. The monoisotopic (exact) mass is 312 g/mol. The number of aryl methyl sites for hydroxylation is 2. The lowest BCUT2D eigenvalue weighted by Crippen LogP contribution is -2.14. The van der Waals surface area contributed by atoms with Crippen LogP contribution in [0.3, 0.4) is 0 Å². The fourth-order valence-electron chi connectivity index (χ4n) is 1.40. The van der Waals surface area contributed by atoms with Crippen molar-refractivity contribution in [2.24, 2.45) is 0 Å². The molecule has 1 aromatic carbocycles. The number of aromatic nitrogens is 3. The molecule has 18 heavy (non-hydrogen) atoms. The predicted octanol–water partition coefficient (Wildman–Crippen LogP) is 2.58. The summed E-state index contributed by atoms with van der Waals surface area (Å²) in [4.78, 5) is 15.7. The summed E-state index contributed by atoms with van der Waals surface area (Å²) in [6.45, 7) is 3.46. The minimum atomic E-state index is -0.482. The Hall–Kier alpha value is -1.76. The highest BCUT2D eigenvalue weighted by Gasteiger charge is 2.13. The molecule has 94 valence electrons. The molecule has 2 N–H and O–H groups in total. The van der Waals surface area contributed by atoms with Crippen LogP contribution in [0.1, 0.15) is 22.0 Å². The van der Waals surface area contributed by atoms with Crippen molar-refractivity contribution >= 4 is 27.5 Å². The van der Waals surface area contributed by atoms with Crippen LogP contribution in [0, 0.1) is 19.7 Å². The Kier molecular flexibility index (Phi) is 3.42. The highest BCUT2D eigenvalue weighted by atomic mass is 79.9. The van der Waals surface area contributed by atoms with Gasteiger partial charge in [0.05, 0.1) is 4.47 Å². The smallest absolute Gasteiger partial charge is 0.295 e. The summed E-state index contributed by atoms with van der Waals surface area (Å²) in [5.41, 5.74) is 1.13. The van der Waals surface area contributed by atoms with Crippen LogP contribution in [-0.4, -0.2) is 21.1 Å². The van der Waals surface area contributed by atoms with Crippen molar-refractivity contribution in [3.8, 4) is 0 Å². The maximum Gasteiger partial charge on any atom is 0.295 e. The second kappa shape index (κ2) is 4.85. The summed E-state index contributed by atoms with van der Waals surface area (Å²) in [6.07, 6.45) is 0. The van der Waals surface area contributed by atoms with Crippen LogP contribution in [0.25, 0.3) is 0 Å². The number of amides is 1. The lowest BCUT2D eigenvalue weighted by atomic mass is 10.2. The molecule has 7 heteroatoms. The van der Waals surface area contributed by atoms with Gasteiger partial charge in [0.1, 0.15) is 11.6 Å². The maximum absolute atomic E-state index is 13.4. The van der Waals surface area contributed by atoms with E-state index < -0.39 is 11.7 Å². The van der Waals surface area contributed by atoms with Crippen LogP contribution >= 0.6 is 15.9 Å². The summed E-state index contributed by atoms with van der Waals surface area (Å²) in [6, 6.07) is 2.84. The Morgan fingerprint density at radius 1 is 1.44 bits per heavy atom. The zero-order valence-corrected chi connectivity index (χ0v) is 11.3. The number of carbonyl (C=O) groups excluding carboxylic acids is 1. The fourth-order valence-corrected chi connectivity index (χ4v) is 1.86. The summed E-state index contributed by atoms with van der Waals surface area (Å²) >= 11 is 3.08. The Balaban J connectivity index is 2.24. The maximum atomic E-state index is 13.4. The number of anilines is 1. The summed E-state index contributed by atoms with van der Waals surface area (Å²) < 4.78 is 13.7. The van der Waals surface area contributed by atoms with Crippen molar-refractivity contribution in [3.63, 3.8) is 0 Å². The van der Waals surface area contributed by atoms with E-state index in [9.17, 15) is 9.18 Å². The van der Waals surface area contributed by atoms with E-state index in [1.54, 1.807) is 19.9 Å². The zero-order chi connectivity index (χ0) is 13.3. The van der Waals surface area contributed by atoms with Gasteiger partial charge in [-0.1, -0.05) is 0 Å². The average molecular weight is 313 g/mol.